The van der Waals surface area contributed by atoms with Gasteiger partial charge in [0.1, 0.15) is 12.6 Å². The molecule has 0 saturated carbocycles. The van der Waals surface area contributed by atoms with Gasteiger partial charge in [-0.05, 0) is 12.0 Å². The molecule has 0 saturated heterocycles. The van der Waals surface area contributed by atoms with Crippen molar-refractivity contribution in [2.24, 2.45) is 0 Å². The van der Waals surface area contributed by atoms with Crippen LogP contribution in [-0.2, 0) is 20.9 Å². The molecule has 0 spiro atoms. The van der Waals surface area contributed by atoms with E-state index in [-0.39, 0.29) is 6.61 Å². The number of carbonyl (C=O) groups excluding carboxylic acids is 2. The summed E-state index contributed by atoms with van der Waals surface area (Å²) in [5.74, 6) is -16.3. The van der Waals surface area contributed by atoms with Gasteiger partial charge in [-0.2, -0.15) is 8.78 Å². The number of carboxylic acid groups (broad SMARTS) is 1. The average molecular weight is 447 g/mol. The van der Waals surface area contributed by atoms with Gasteiger partial charge < -0.3 is 19.9 Å². The molecule has 0 bridgehead atoms. The maximum Gasteiger partial charge on any atom is 0.413 e. The molecule has 0 aliphatic rings. The fourth-order valence-electron chi connectivity index (χ4n) is 2.27. The van der Waals surface area contributed by atoms with Gasteiger partial charge >= 0.3 is 18.0 Å². The van der Waals surface area contributed by atoms with Crippen molar-refractivity contribution < 1.29 is 50.9 Å². The highest BCUT2D eigenvalue weighted by atomic mass is 19.2. The Morgan fingerprint density at radius 1 is 0.903 bits per heavy atom. The zero-order chi connectivity index (χ0) is 23.1. The van der Waals surface area contributed by atoms with Gasteiger partial charge in [-0.25, -0.2) is 22.8 Å². The molecule has 31 heavy (non-hydrogen) atoms. The predicted molar refractivity (Wildman–Crippen MR) is 92.3 cm³/mol. The van der Waals surface area contributed by atoms with Crippen molar-refractivity contribution in [3.8, 4) is 5.75 Å². The second kappa shape index (κ2) is 10.4. The van der Waals surface area contributed by atoms with Crippen LogP contribution in [-0.4, -0.2) is 29.2 Å². The summed E-state index contributed by atoms with van der Waals surface area (Å²) in [6.07, 6.45) is -2.78. The van der Waals surface area contributed by atoms with Crippen LogP contribution < -0.4 is 10.1 Å². The van der Waals surface area contributed by atoms with Crippen LogP contribution in [0.15, 0.2) is 30.3 Å². The van der Waals surface area contributed by atoms with E-state index in [1.54, 1.807) is 35.6 Å². The molecule has 0 heterocycles. The lowest BCUT2D eigenvalue weighted by Crippen LogP contribution is -2.42. The first-order valence-electron chi connectivity index (χ1n) is 8.54. The standard InChI is InChI=1S/C19H14F5NO6/c20-12-13(21)15(23)17(16(24)14(12)22)31-19(29)25-10(18(27)28)6-7-11(26)30-8-9-4-2-1-3-5-9/h1-5,10H,6-8H2,(H,25,29)(H,27,28)/t10-/m0/s1. The zero-order valence-electron chi connectivity index (χ0n) is 15.5. The minimum Gasteiger partial charge on any atom is -0.480 e. The molecular weight excluding hydrogens is 433 g/mol. The molecule has 1 amide bonds. The molecule has 2 N–H and O–H groups in total. The maximum atomic E-state index is 13.5. The SMILES string of the molecule is O=C(CC[C@H](NC(=O)Oc1c(F)c(F)c(F)c(F)c1F)C(=O)O)OCc1ccccc1. The number of benzene rings is 2. The van der Waals surface area contributed by atoms with Crippen LogP contribution in [0.5, 0.6) is 5.75 Å². The summed E-state index contributed by atoms with van der Waals surface area (Å²) in [6.45, 7) is -0.0763. The number of halogens is 5. The van der Waals surface area contributed by atoms with E-state index >= 15 is 0 Å². The van der Waals surface area contributed by atoms with Gasteiger partial charge in [0.2, 0.25) is 34.8 Å². The first-order chi connectivity index (χ1) is 14.6. The van der Waals surface area contributed by atoms with Gasteiger partial charge in [-0.1, -0.05) is 30.3 Å². The first-order valence-corrected chi connectivity index (χ1v) is 8.54. The van der Waals surface area contributed by atoms with Crippen LogP contribution in [0.25, 0.3) is 0 Å². The van der Waals surface area contributed by atoms with Crippen molar-refractivity contribution in [2.45, 2.75) is 25.5 Å². The van der Waals surface area contributed by atoms with E-state index in [2.05, 4.69) is 4.74 Å². The number of aliphatic carboxylic acids is 1. The smallest absolute Gasteiger partial charge is 0.413 e. The molecule has 0 fully saturated rings. The summed E-state index contributed by atoms with van der Waals surface area (Å²) in [5, 5.41) is 10.8. The second-order valence-electron chi connectivity index (χ2n) is 6.01. The monoisotopic (exact) mass is 447 g/mol. The molecule has 0 aromatic heterocycles. The number of nitrogens with one attached hydrogen (secondary N) is 1. The predicted octanol–water partition coefficient (Wildman–Crippen LogP) is 3.45. The van der Waals surface area contributed by atoms with Crippen LogP contribution >= 0.6 is 0 Å². The van der Waals surface area contributed by atoms with Gasteiger partial charge in [0.15, 0.2) is 0 Å². The van der Waals surface area contributed by atoms with Gasteiger partial charge in [-0.15, -0.1) is 0 Å². The molecule has 7 nitrogen and oxygen atoms in total. The summed E-state index contributed by atoms with van der Waals surface area (Å²) in [7, 11) is 0. The van der Waals surface area contributed by atoms with Gasteiger partial charge in [-0.3, -0.25) is 4.79 Å². The lowest BCUT2D eigenvalue weighted by Gasteiger charge is -2.15. The molecule has 2 aromatic carbocycles. The van der Waals surface area contributed by atoms with Crippen molar-refractivity contribution in [1.29, 1.82) is 0 Å². The molecule has 0 aliphatic carbocycles. The zero-order valence-corrected chi connectivity index (χ0v) is 15.5. The Kier molecular flexibility index (Phi) is 7.88. The van der Waals surface area contributed by atoms with Crippen molar-refractivity contribution in [1.82, 2.24) is 5.32 Å². The molecule has 166 valence electrons. The summed E-state index contributed by atoms with van der Waals surface area (Å²) in [4.78, 5) is 34.7. The Bertz CT molecular complexity index is 956. The summed E-state index contributed by atoms with van der Waals surface area (Å²) < 4.78 is 75.3. The van der Waals surface area contributed by atoms with E-state index in [1.165, 1.54) is 0 Å². The van der Waals surface area contributed by atoms with Crippen LogP contribution in [0.1, 0.15) is 18.4 Å². The molecular formula is C19H14F5NO6. The van der Waals surface area contributed by atoms with Gasteiger partial charge in [0.25, 0.3) is 0 Å². The fraction of sp³-hybridized carbons (Fsp3) is 0.211. The van der Waals surface area contributed by atoms with Crippen molar-refractivity contribution in [3.63, 3.8) is 0 Å². The molecule has 12 heteroatoms. The third-order valence-corrected chi connectivity index (χ3v) is 3.83. The first kappa shape index (κ1) is 23.6. The number of ether oxygens (including phenoxy) is 2. The quantitative estimate of drug-likeness (QED) is 0.278. The highest BCUT2D eigenvalue weighted by molar-refractivity contribution is 5.81. The van der Waals surface area contributed by atoms with Gasteiger partial charge in [0, 0.05) is 6.42 Å². The number of hydrogen-bond acceptors (Lipinski definition) is 5. The van der Waals surface area contributed by atoms with E-state index in [1.807, 2.05) is 0 Å². The topological polar surface area (TPSA) is 102 Å². The molecule has 2 rings (SSSR count). The minimum absolute atomic E-state index is 0.0763. The second-order valence-corrected chi connectivity index (χ2v) is 6.01. The Morgan fingerprint density at radius 3 is 2.00 bits per heavy atom. The summed E-state index contributed by atoms with van der Waals surface area (Å²) in [6, 6.07) is 6.76. The van der Waals surface area contributed by atoms with E-state index in [9.17, 15) is 36.3 Å². The van der Waals surface area contributed by atoms with E-state index in [0.29, 0.717) is 5.56 Å². The highest BCUT2D eigenvalue weighted by Crippen LogP contribution is 2.29. The van der Waals surface area contributed by atoms with E-state index < -0.39 is 71.8 Å². The van der Waals surface area contributed by atoms with Crippen LogP contribution in [0, 0.1) is 29.1 Å². The Morgan fingerprint density at radius 2 is 1.45 bits per heavy atom. The largest absolute Gasteiger partial charge is 0.480 e. The Labute approximate surface area is 171 Å². The molecule has 0 aliphatic heterocycles. The van der Waals surface area contributed by atoms with Crippen LogP contribution in [0.3, 0.4) is 0 Å². The van der Waals surface area contributed by atoms with Crippen LogP contribution in [0.2, 0.25) is 0 Å². The number of esters is 1. The normalized spacial score (nSPS) is 11.5. The maximum absolute atomic E-state index is 13.5. The summed E-state index contributed by atoms with van der Waals surface area (Å²) in [5.41, 5.74) is 0.676. The molecule has 1 atom stereocenters. The minimum atomic E-state index is -2.46. The number of amides is 1. The van der Waals surface area contributed by atoms with E-state index in [4.69, 9.17) is 9.84 Å². The highest BCUT2D eigenvalue weighted by Gasteiger charge is 2.30. The van der Waals surface area contributed by atoms with Gasteiger partial charge in [0.05, 0.1) is 0 Å². The number of hydrogen-bond donors (Lipinski definition) is 2. The average Bonchev–Trinajstić information content (AvgIpc) is 2.75. The molecule has 0 unspecified atom stereocenters. The Balaban J connectivity index is 1.95. The van der Waals surface area contributed by atoms with Crippen molar-refractivity contribution in [2.75, 3.05) is 0 Å². The van der Waals surface area contributed by atoms with Crippen LogP contribution in [0.4, 0.5) is 26.7 Å². The number of carboxylic acids is 1. The lowest BCUT2D eigenvalue weighted by atomic mass is 10.1. The third-order valence-electron chi connectivity index (χ3n) is 3.83. The summed E-state index contributed by atoms with van der Waals surface area (Å²) >= 11 is 0. The fourth-order valence-corrected chi connectivity index (χ4v) is 2.27. The van der Waals surface area contributed by atoms with Crippen molar-refractivity contribution >= 4 is 18.0 Å². The lowest BCUT2D eigenvalue weighted by molar-refractivity contribution is -0.145. The number of rotatable bonds is 8. The van der Waals surface area contributed by atoms with Crippen molar-refractivity contribution in [3.05, 3.63) is 65.0 Å². The molecule has 0 radical (unpaired) electrons. The number of carbonyl (C=O) groups is 3. The third kappa shape index (κ3) is 6.14. The van der Waals surface area contributed by atoms with E-state index in [0.717, 1.165) is 0 Å². The Hall–Kier alpha value is -3.70. The molecule has 2 aromatic rings.